The van der Waals surface area contributed by atoms with Gasteiger partial charge >= 0.3 is 5.97 Å². The molecule has 1 rings (SSSR count). The second-order valence-electron chi connectivity index (χ2n) is 4.62. The molecular weight excluding hydrogens is 264 g/mol. The lowest BCUT2D eigenvalue weighted by Gasteiger charge is -2.20. The summed E-state index contributed by atoms with van der Waals surface area (Å²) >= 11 is 0. The van der Waals surface area contributed by atoms with Crippen molar-refractivity contribution in [1.82, 2.24) is 5.32 Å². The van der Waals surface area contributed by atoms with Crippen LogP contribution in [0.4, 0.5) is 5.69 Å². The van der Waals surface area contributed by atoms with Gasteiger partial charge in [-0.3, -0.25) is 10.1 Å². The van der Waals surface area contributed by atoms with Gasteiger partial charge in [0.15, 0.2) is 5.60 Å². The minimum absolute atomic E-state index is 0.0512. The summed E-state index contributed by atoms with van der Waals surface area (Å²) in [5.41, 5.74) is -0.583. The Labute approximate surface area is 116 Å². The molecule has 1 aromatic rings. The van der Waals surface area contributed by atoms with Crippen molar-refractivity contribution >= 4 is 11.7 Å². The number of hydrogen-bond acceptors (Lipinski definition) is 6. The maximum Gasteiger partial charge on any atom is 0.338 e. The number of rotatable bonds is 7. The standard InChI is InChI=1S/C13H18N2O5/c1-13(17,12(16)20-2)9-14-8-7-10-3-5-11(6-4-10)15(18)19/h3-6,14,17H,7-9H2,1-2H3. The first-order chi connectivity index (χ1) is 9.36. The molecule has 7 nitrogen and oxygen atoms in total. The normalized spacial score (nSPS) is 13.6. The lowest BCUT2D eigenvalue weighted by Crippen LogP contribution is -2.46. The Morgan fingerprint density at radius 1 is 1.45 bits per heavy atom. The van der Waals surface area contributed by atoms with Crippen molar-refractivity contribution < 1.29 is 19.6 Å². The van der Waals surface area contributed by atoms with Crippen molar-refractivity contribution in [1.29, 1.82) is 0 Å². The predicted molar refractivity (Wildman–Crippen MR) is 72.3 cm³/mol. The molecule has 0 spiro atoms. The van der Waals surface area contributed by atoms with Crippen LogP contribution in [0, 0.1) is 10.1 Å². The topological polar surface area (TPSA) is 102 Å². The Balaban J connectivity index is 2.38. The van der Waals surface area contributed by atoms with Crippen molar-refractivity contribution in [3.05, 3.63) is 39.9 Å². The Kier molecular flexibility index (Phi) is 5.60. The van der Waals surface area contributed by atoms with E-state index in [4.69, 9.17) is 0 Å². The Morgan fingerprint density at radius 2 is 2.05 bits per heavy atom. The quantitative estimate of drug-likeness (QED) is 0.329. The van der Waals surface area contributed by atoms with Crippen LogP contribution in [-0.2, 0) is 16.0 Å². The molecule has 0 bridgehead atoms. The van der Waals surface area contributed by atoms with Gasteiger partial charge in [0.05, 0.1) is 12.0 Å². The molecule has 1 aromatic carbocycles. The zero-order valence-electron chi connectivity index (χ0n) is 11.5. The third kappa shape index (κ3) is 4.60. The number of carbonyl (C=O) groups is 1. The highest BCUT2D eigenvalue weighted by atomic mass is 16.6. The summed E-state index contributed by atoms with van der Waals surface area (Å²) in [5, 5.41) is 23.2. The van der Waals surface area contributed by atoms with Crippen molar-refractivity contribution in [3.8, 4) is 0 Å². The van der Waals surface area contributed by atoms with Crippen LogP contribution < -0.4 is 5.32 Å². The molecule has 1 unspecified atom stereocenters. The molecule has 0 aliphatic carbocycles. The SMILES string of the molecule is COC(=O)C(C)(O)CNCCc1ccc([N+](=O)[O-])cc1. The zero-order chi connectivity index (χ0) is 15.2. The van der Waals surface area contributed by atoms with Gasteiger partial charge in [-0.25, -0.2) is 4.79 Å². The first-order valence-corrected chi connectivity index (χ1v) is 6.11. The summed E-state index contributed by atoms with van der Waals surface area (Å²) in [6.07, 6.45) is 0.634. The Hall–Kier alpha value is -1.99. The molecule has 0 aliphatic heterocycles. The zero-order valence-corrected chi connectivity index (χ0v) is 11.5. The summed E-state index contributed by atoms with van der Waals surface area (Å²) < 4.78 is 4.47. The minimum Gasteiger partial charge on any atom is -0.467 e. The number of carbonyl (C=O) groups excluding carboxylic acids is 1. The third-order valence-corrected chi connectivity index (χ3v) is 2.83. The summed E-state index contributed by atoms with van der Waals surface area (Å²) in [5.74, 6) is -0.694. The van der Waals surface area contributed by atoms with Gasteiger partial charge in [-0.2, -0.15) is 0 Å². The van der Waals surface area contributed by atoms with Crippen LogP contribution in [0.25, 0.3) is 0 Å². The molecule has 0 heterocycles. The number of hydrogen-bond donors (Lipinski definition) is 2. The first kappa shape index (κ1) is 16.1. The monoisotopic (exact) mass is 282 g/mol. The predicted octanol–water partition coefficient (Wildman–Crippen LogP) is 0.651. The van der Waals surface area contributed by atoms with Gasteiger partial charge in [-0.15, -0.1) is 0 Å². The fourth-order valence-electron chi connectivity index (χ4n) is 1.64. The molecule has 110 valence electrons. The van der Waals surface area contributed by atoms with Gasteiger partial charge in [-0.05, 0) is 25.5 Å². The maximum atomic E-state index is 11.2. The van der Waals surface area contributed by atoms with E-state index >= 15 is 0 Å². The van der Waals surface area contributed by atoms with E-state index in [1.54, 1.807) is 12.1 Å². The average Bonchev–Trinajstić information content (AvgIpc) is 2.43. The number of esters is 1. The number of ether oxygens (including phenoxy) is 1. The number of nitro groups is 1. The highest BCUT2D eigenvalue weighted by molar-refractivity contribution is 5.78. The molecular formula is C13H18N2O5. The highest BCUT2D eigenvalue weighted by Crippen LogP contribution is 2.12. The number of nitro benzene ring substituents is 1. The van der Waals surface area contributed by atoms with Crippen LogP contribution in [0.1, 0.15) is 12.5 Å². The van der Waals surface area contributed by atoms with Crippen LogP contribution in [0.5, 0.6) is 0 Å². The van der Waals surface area contributed by atoms with Crippen molar-refractivity contribution in [2.24, 2.45) is 0 Å². The molecule has 0 amide bonds. The fourth-order valence-corrected chi connectivity index (χ4v) is 1.64. The molecule has 20 heavy (non-hydrogen) atoms. The molecule has 1 atom stereocenters. The van der Waals surface area contributed by atoms with E-state index < -0.39 is 16.5 Å². The Morgan fingerprint density at radius 3 is 2.55 bits per heavy atom. The third-order valence-electron chi connectivity index (χ3n) is 2.83. The lowest BCUT2D eigenvalue weighted by atomic mass is 10.1. The molecule has 0 fully saturated rings. The summed E-state index contributed by atoms with van der Waals surface area (Å²) in [4.78, 5) is 21.3. The molecule has 0 radical (unpaired) electrons. The second-order valence-corrected chi connectivity index (χ2v) is 4.62. The maximum absolute atomic E-state index is 11.2. The molecule has 7 heteroatoms. The largest absolute Gasteiger partial charge is 0.467 e. The lowest BCUT2D eigenvalue weighted by molar-refractivity contribution is -0.384. The number of nitrogens with one attached hydrogen (secondary N) is 1. The van der Waals surface area contributed by atoms with Gasteiger partial charge < -0.3 is 15.2 Å². The van der Waals surface area contributed by atoms with E-state index in [1.807, 2.05) is 0 Å². The summed E-state index contributed by atoms with van der Waals surface area (Å²) in [7, 11) is 1.22. The average molecular weight is 282 g/mol. The first-order valence-electron chi connectivity index (χ1n) is 6.11. The van der Waals surface area contributed by atoms with Gasteiger partial charge in [0.1, 0.15) is 0 Å². The number of nitrogens with zero attached hydrogens (tertiary/aromatic N) is 1. The van der Waals surface area contributed by atoms with E-state index in [0.717, 1.165) is 5.56 Å². The van der Waals surface area contributed by atoms with Gasteiger partial charge in [0.25, 0.3) is 5.69 Å². The van der Waals surface area contributed by atoms with Gasteiger partial charge in [-0.1, -0.05) is 12.1 Å². The van der Waals surface area contributed by atoms with Gasteiger partial charge in [0, 0.05) is 18.7 Å². The van der Waals surface area contributed by atoms with Crippen LogP contribution in [0.3, 0.4) is 0 Å². The van der Waals surface area contributed by atoms with Crippen LogP contribution in [0.15, 0.2) is 24.3 Å². The highest BCUT2D eigenvalue weighted by Gasteiger charge is 2.30. The van der Waals surface area contributed by atoms with Crippen molar-refractivity contribution in [2.75, 3.05) is 20.2 Å². The van der Waals surface area contributed by atoms with Crippen LogP contribution in [0.2, 0.25) is 0 Å². The van der Waals surface area contributed by atoms with Gasteiger partial charge in [0.2, 0.25) is 0 Å². The van der Waals surface area contributed by atoms with E-state index in [1.165, 1.54) is 26.2 Å². The summed E-state index contributed by atoms with van der Waals surface area (Å²) in [6.45, 7) is 1.98. The molecule has 2 N–H and O–H groups in total. The molecule has 0 saturated heterocycles. The molecule has 0 aliphatic rings. The van der Waals surface area contributed by atoms with Crippen LogP contribution in [-0.4, -0.2) is 41.8 Å². The minimum atomic E-state index is -1.57. The van der Waals surface area contributed by atoms with Crippen molar-refractivity contribution in [3.63, 3.8) is 0 Å². The number of non-ortho nitro benzene ring substituents is 1. The smallest absolute Gasteiger partial charge is 0.338 e. The van der Waals surface area contributed by atoms with E-state index in [0.29, 0.717) is 13.0 Å². The second kappa shape index (κ2) is 6.97. The number of aliphatic hydroxyl groups is 1. The number of methoxy groups -OCH3 is 1. The van der Waals surface area contributed by atoms with Crippen LogP contribution >= 0.6 is 0 Å². The number of benzene rings is 1. The molecule has 0 aromatic heterocycles. The van der Waals surface area contributed by atoms with Crippen molar-refractivity contribution in [2.45, 2.75) is 18.9 Å². The van der Waals surface area contributed by atoms with E-state index in [2.05, 4.69) is 10.1 Å². The fraction of sp³-hybridized carbons (Fsp3) is 0.462. The van der Waals surface area contributed by atoms with E-state index in [9.17, 15) is 20.0 Å². The molecule has 0 saturated carbocycles. The van der Waals surface area contributed by atoms with E-state index in [-0.39, 0.29) is 12.2 Å². The Bertz CT molecular complexity index is 470. The summed E-state index contributed by atoms with van der Waals surface area (Å²) in [6, 6.07) is 6.25.